The molecule has 6 heteroatoms. The van der Waals surface area contributed by atoms with Gasteiger partial charge in [0.2, 0.25) is 5.91 Å². The van der Waals surface area contributed by atoms with Gasteiger partial charge in [-0.2, -0.15) is 0 Å². The van der Waals surface area contributed by atoms with Crippen LogP contribution in [0.25, 0.3) is 6.08 Å². The molecule has 4 rings (SSSR count). The number of carbonyl (C=O) groups is 1. The third-order valence-corrected chi connectivity index (χ3v) is 6.71. The van der Waals surface area contributed by atoms with Crippen molar-refractivity contribution in [2.45, 2.75) is 37.4 Å². The number of benzene rings is 2. The summed E-state index contributed by atoms with van der Waals surface area (Å²) in [6.07, 6.45) is 7.05. The first-order chi connectivity index (χ1) is 16.2. The highest BCUT2D eigenvalue weighted by atomic mass is 16.5. The Bertz CT molecular complexity index is 936. The zero-order chi connectivity index (χ0) is 23.0. The largest absolute Gasteiger partial charge is 0.496 e. The average Bonchev–Trinajstić information content (AvgIpc) is 3.46. The monoisotopic (exact) mass is 449 g/mol. The van der Waals surface area contributed by atoms with Crippen molar-refractivity contribution in [2.75, 3.05) is 40.5 Å². The lowest BCUT2D eigenvalue weighted by atomic mass is 10.1. The first-order valence-corrected chi connectivity index (χ1v) is 11.8. The summed E-state index contributed by atoms with van der Waals surface area (Å²) < 4.78 is 10.5. The number of carbonyl (C=O) groups excluding carboxylic acids is 1. The second-order valence-electron chi connectivity index (χ2n) is 8.81. The summed E-state index contributed by atoms with van der Waals surface area (Å²) in [6.45, 7) is 2.70. The molecule has 1 aliphatic heterocycles. The molecule has 2 atom stereocenters. The molecule has 1 amide bonds. The number of fused-ring (bicyclic) bond motifs is 1. The minimum absolute atomic E-state index is 0.108. The summed E-state index contributed by atoms with van der Waals surface area (Å²) in [4.78, 5) is 15.4. The van der Waals surface area contributed by atoms with Crippen molar-refractivity contribution in [1.82, 2.24) is 15.5 Å². The van der Waals surface area contributed by atoms with Crippen molar-refractivity contribution in [3.05, 3.63) is 71.3 Å². The molecule has 2 N–H and O–H groups in total. The fraction of sp³-hybridized carbons (Fsp3) is 0.444. The summed E-state index contributed by atoms with van der Waals surface area (Å²) in [7, 11) is 3.35. The summed E-state index contributed by atoms with van der Waals surface area (Å²) in [5.41, 5.74) is 3.89. The van der Waals surface area contributed by atoms with Crippen molar-refractivity contribution in [2.24, 2.45) is 0 Å². The van der Waals surface area contributed by atoms with E-state index in [0.29, 0.717) is 19.2 Å². The molecule has 1 fully saturated rings. The van der Waals surface area contributed by atoms with Gasteiger partial charge < -0.3 is 20.1 Å². The van der Waals surface area contributed by atoms with Crippen LogP contribution < -0.4 is 15.4 Å². The van der Waals surface area contributed by atoms with Crippen LogP contribution in [0.5, 0.6) is 5.75 Å². The van der Waals surface area contributed by atoms with Gasteiger partial charge in [-0.1, -0.05) is 54.6 Å². The highest BCUT2D eigenvalue weighted by Gasteiger charge is 2.41. The Morgan fingerprint density at radius 2 is 1.82 bits per heavy atom. The molecule has 6 nitrogen and oxygen atoms in total. The van der Waals surface area contributed by atoms with E-state index >= 15 is 0 Å². The molecule has 176 valence electrons. The maximum absolute atomic E-state index is 13.0. The highest BCUT2D eigenvalue weighted by Crippen LogP contribution is 2.31. The van der Waals surface area contributed by atoms with Crippen LogP contribution in [0, 0.1) is 0 Å². The van der Waals surface area contributed by atoms with Gasteiger partial charge in [-0.15, -0.1) is 0 Å². The predicted molar refractivity (Wildman–Crippen MR) is 131 cm³/mol. The number of methoxy groups -OCH3 is 2. The van der Waals surface area contributed by atoms with Gasteiger partial charge in [0.25, 0.3) is 0 Å². The number of hydrogen-bond acceptors (Lipinski definition) is 5. The molecule has 0 saturated carbocycles. The number of para-hydroxylation sites is 1. The molecule has 0 unspecified atom stereocenters. The van der Waals surface area contributed by atoms with Gasteiger partial charge in [0, 0.05) is 44.4 Å². The molecular weight excluding hydrogens is 414 g/mol. The number of likely N-dealkylation sites (tertiary alicyclic amines) is 1. The van der Waals surface area contributed by atoms with Crippen LogP contribution in [0.3, 0.4) is 0 Å². The number of amides is 1. The van der Waals surface area contributed by atoms with Gasteiger partial charge in [0.1, 0.15) is 5.75 Å². The molecule has 1 heterocycles. The Hall–Kier alpha value is -2.67. The van der Waals surface area contributed by atoms with Gasteiger partial charge >= 0.3 is 0 Å². The third-order valence-electron chi connectivity index (χ3n) is 6.71. The lowest BCUT2D eigenvalue weighted by Gasteiger charge is -2.29. The Morgan fingerprint density at radius 1 is 1.09 bits per heavy atom. The first-order valence-electron chi connectivity index (χ1n) is 11.8. The molecule has 2 aromatic carbocycles. The number of hydrogen-bond donors (Lipinski definition) is 2. The third kappa shape index (κ3) is 5.82. The van der Waals surface area contributed by atoms with E-state index in [9.17, 15) is 4.79 Å². The molecule has 0 bridgehead atoms. The zero-order valence-corrected chi connectivity index (χ0v) is 19.6. The lowest BCUT2D eigenvalue weighted by Crippen LogP contribution is -2.48. The van der Waals surface area contributed by atoms with E-state index in [-0.39, 0.29) is 18.0 Å². The normalized spacial score (nSPS) is 20.9. The van der Waals surface area contributed by atoms with E-state index in [1.54, 1.807) is 14.2 Å². The minimum atomic E-state index is -0.114. The number of nitrogens with one attached hydrogen (secondary N) is 2. The average molecular weight is 450 g/mol. The van der Waals surface area contributed by atoms with Crippen molar-refractivity contribution in [3.8, 4) is 5.75 Å². The van der Waals surface area contributed by atoms with Crippen LogP contribution in [0.15, 0.2) is 54.6 Å². The van der Waals surface area contributed by atoms with Gasteiger partial charge in [0.15, 0.2) is 0 Å². The first kappa shape index (κ1) is 23.5. The van der Waals surface area contributed by atoms with E-state index in [4.69, 9.17) is 9.47 Å². The Labute approximate surface area is 197 Å². The smallest absolute Gasteiger partial charge is 0.237 e. The highest BCUT2D eigenvalue weighted by molar-refractivity contribution is 5.82. The van der Waals surface area contributed by atoms with Crippen molar-refractivity contribution >= 4 is 12.0 Å². The Morgan fingerprint density at radius 3 is 2.55 bits per heavy atom. The van der Waals surface area contributed by atoms with E-state index in [0.717, 1.165) is 43.7 Å². The van der Waals surface area contributed by atoms with E-state index in [2.05, 4.69) is 52.0 Å². The van der Waals surface area contributed by atoms with Crippen LogP contribution in [-0.2, 0) is 22.4 Å². The van der Waals surface area contributed by atoms with Crippen LogP contribution in [0.1, 0.15) is 23.1 Å². The quantitative estimate of drug-likeness (QED) is 0.546. The number of nitrogens with zero attached hydrogens (tertiary/aromatic N) is 1. The second kappa shape index (κ2) is 11.5. The van der Waals surface area contributed by atoms with Crippen molar-refractivity contribution in [3.63, 3.8) is 0 Å². The summed E-state index contributed by atoms with van der Waals surface area (Å²) in [6, 6.07) is 17.2. The van der Waals surface area contributed by atoms with Crippen LogP contribution in [0.2, 0.25) is 0 Å². The van der Waals surface area contributed by atoms with E-state index in [1.807, 2.05) is 24.3 Å². The molecule has 2 aliphatic rings. The van der Waals surface area contributed by atoms with Gasteiger partial charge in [-0.05, 0) is 36.5 Å². The van der Waals surface area contributed by atoms with E-state index < -0.39 is 0 Å². The summed E-state index contributed by atoms with van der Waals surface area (Å²) in [5, 5.41) is 6.70. The van der Waals surface area contributed by atoms with Crippen LogP contribution in [0.4, 0.5) is 0 Å². The molecule has 0 spiro atoms. The fourth-order valence-corrected chi connectivity index (χ4v) is 5.06. The molecular formula is C27H35N3O3. The van der Waals surface area contributed by atoms with Crippen LogP contribution >= 0.6 is 0 Å². The SMILES string of the molecule is COCCNC(=O)[C@@H]1C[C@H](NC/C=C/c2ccccc2OC)CN1C1Cc2ccccc2C1. The maximum Gasteiger partial charge on any atom is 0.237 e. The summed E-state index contributed by atoms with van der Waals surface area (Å²) in [5.74, 6) is 0.978. The molecule has 33 heavy (non-hydrogen) atoms. The van der Waals surface area contributed by atoms with Crippen LogP contribution in [-0.4, -0.2) is 69.4 Å². The Kier molecular flexibility index (Phi) is 8.15. The van der Waals surface area contributed by atoms with Gasteiger partial charge in [-0.25, -0.2) is 0 Å². The zero-order valence-electron chi connectivity index (χ0n) is 19.6. The Balaban J connectivity index is 1.38. The molecule has 1 saturated heterocycles. The van der Waals surface area contributed by atoms with Gasteiger partial charge in [0.05, 0.1) is 19.8 Å². The maximum atomic E-state index is 13.0. The topological polar surface area (TPSA) is 62.8 Å². The van der Waals surface area contributed by atoms with Crippen molar-refractivity contribution < 1.29 is 14.3 Å². The molecule has 1 aliphatic carbocycles. The predicted octanol–water partition coefficient (Wildman–Crippen LogP) is 2.67. The molecule has 0 aromatic heterocycles. The van der Waals surface area contributed by atoms with Crippen molar-refractivity contribution in [1.29, 1.82) is 0 Å². The van der Waals surface area contributed by atoms with E-state index in [1.165, 1.54) is 11.1 Å². The standard InChI is InChI=1S/C27H35N3O3/c1-32-15-14-29-27(31)25-18-23(28-13-7-11-20-8-5-6-12-26(20)33-2)19-30(25)24-16-21-9-3-4-10-22(21)17-24/h3-12,23-25,28H,13-19H2,1-2H3,(H,29,31)/b11-7+/t23-,25-/m0/s1. The summed E-state index contributed by atoms with van der Waals surface area (Å²) >= 11 is 0. The second-order valence-corrected chi connectivity index (χ2v) is 8.81. The lowest BCUT2D eigenvalue weighted by molar-refractivity contribution is -0.126. The molecule has 2 aromatic rings. The number of ether oxygens (including phenoxy) is 2. The van der Waals surface area contributed by atoms with Gasteiger partial charge in [-0.3, -0.25) is 9.69 Å². The number of rotatable bonds is 10. The minimum Gasteiger partial charge on any atom is -0.496 e. The molecule has 0 radical (unpaired) electrons. The fourth-order valence-electron chi connectivity index (χ4n) is 5.06.